The van der Waals surface area contributed by atoms with E-state index < -0.39 is 17.5 Å². The lowest BCUT2D eigenvalue weighted by Crippen LogP contribution is -2.30. The molecule has 0 radical (unpaired) electrons. The Morgan fingerprint density at radius 3 is 2.63 bits per heavy atom. The van der Waals surface area contributed by atoms with Crippen molar-refractivity contribution >= 4 is 39.9 Å². The van der Waals surface area contributed by atoms with Gasteiger partial charge in [0.2, 0.25) is 5.78 Å². The van der Waals surface area contributed by atoms with Gasteiger partial charge in [-0.3, -0.25) is 15.0 Å². The molecule has 2 heterocycles. The Balaban J connectivity index is 1.98. The topological polar surface area (TPSA) is 127 Å². The fourth-order valence-electron chi connectivity index (χ4n) is 2.52. The van der Waals surface area contributed by atoms with Crippen LogP contribution in [0.25, 0.3) is 10.9 Å². The number of amides is 1. The van der Waals surface area contributed by atoms with Crippen LogP contribution in [0.4, 0.5) is 0 Å². The van der Waals surface area contributed by atoms with E-state index in [1.807, 2.05) is 5.43 Å². The monoisotopic (exact) mass is 386 g/mol. The van der Waals surface area contributed by atoms with Gasteiger partial charge in [0.15, 0.2) is 5.01 Å². The van der Waals surface area contributed by atoms with Crippen LogP contribution < -0.4 is 11.3 Å². The van der Waals surface area contributed by atoms with Crippen molar-refractivity contribution < 1.29 is 19.1 Å². The van der Waals surface area contributed by atoms with E-state index in [0.717, 1.165) is 11.3 Å². The Labute approximate surface area is 158 Å². The van der Waals surface area contributed by atoms with Gasteiger partial charge in [0.1, 0.15) is 11.3 Å². The first-order valence-electron chi connectivity index (χ1n) is 8.06. The number of carbonyl (C=O) groups is 3. The molecule has 0 spiro atoms. The number of nitrogen functional groups attached to an aromatic ring is 1. The third-order valence-electron chi connectivity index (χ3n) is 3.64. The van der Waals surface area contributed by atoms with E-state index in [1.54, 1.807) is 39.0 Å². The van der Waals surface area contributed by atoms with Gasteiger partial charge in [0.25, 0.3) is 5.91 Å². The molecular formula is C18H18N4O4S. The van der Waals surface area contributed by atoms with Gasteiger partial charge in [-0.15, -0.1) is 11.3 Å². The Morgan fingerprint density at radius 2 is 1.96 bits per heavy atom. The minimum absolute atomic E-state index is 0.0696. The summed E-state index contributed by atoms with van der Waals surface area (Å²) in [5, 5.41) is 2.18. The lowest BCUT2D eigenvalue weighted by molar-refractivity contribution is 0.00714. The Morgan fingerprint density at radius 1 is 1.22 bits per heavy atom. The van der Waals surface area contributed by atoms with E-state index in [0.29, 0.717) is 22.0 Å². The second kappa shape index (κ2) is 6.93. The molecule has 0 aliphatic rings. The molecule has 0 saturated carbocycles. The largest absolute Gasteiger partial charge is 0.456 e. The van der Waals surface area contributed by atoms with Crippen molar-refractivity contribution in [1.82, 2.24) is 15.4 Å². The molecule has 4 N–H and O–H groups in total. The minimum atomic E-state index is -0.634. The molecule has 0 atom stereocenters. The molecule has 0 fully saturated rings. The van der Waals surface area contributed by atoms with Crippen molar-refractivity contribution in [2.24, 2.45) is 5.84 Å². The number of benzene rings is 1. The number of rotatable bonds is 4. The molecule has 140 valence electrons. The van der Waals surface area contributed by atoms with E-state index in [1.165, 1.54) is 11.6 Å². The number of aromatic nitrogens is 2. The molecule has 8 nitrogen and oxygen atoms in total. The number of ether oxygens (including phenoxy) is 1. The summed E-state index contributed by atoms with van der Waals surface area (Å²) >= 11 is 1.04. The highest BCUT2D eigenvalue weighted by molar-refractivity contribution is 7.12. The molecule has 1 aromatic carbocycles. The highest BCUT2D eigenvalue weighted by Crippen LogP contribution is 2.26. The van der Waals surface area contributed by atoms with Crippen molar-refractivity contribution in [2.75, 3.05) is 0 Å². The number of H-pyrrole nitrogens is 1. The van der Waals surface area contributed by atoms with Crippen LogP contribution in [0.2, 0.25) is 0 Å². The van der Waals surface area contributed by atoms with E-state index in [-0.39, 0.29) is 16.5 Å². The van der Waals surface area contributed by atoms with Crippen LogP contribution in [0.3, 0.4) is 0 Å². The fourth-order valence-corrected chi connectivity index (χ4v) is 3.27. The van der Waals surface area contributed by atoms with Crippen molar-refractivity contribution in [2.45, 2.75) is 26.4 Å². The van der Waals surface area contributed by atoms with Gasteiger partial charge in [0.05, 0.1) is 16.6 Å². The predicted molar refractivity (Wildman–Crippen MR) is 101 cm³/mol. The first-order chi connectivity index (χ1) is 12.7. The van der Waals surface area contributed by atoms with Crippen molar-refractivity contribution in [3.63, 3.8) is 0 Å². The molecule has 3 rings (SSSR count). The molecule has 0 bridgehead atoms. The molecule has 0 saturated heterocycles. The number of para-hydroxylation sites is 1. The third kappa shape index (κ3) is 3.74. The molecule has 2 aromatic heterocycles. The SMILES string of the molecule is CC(C)(C)OC(=O)c1cccc2c(C(=O)c3nc(C(=O)NN)cs3)c[nH]c12. The number of carbonyl (C=O) groups excluding carboxylic acids is 3. The summed E-state index contributed by atoms with van der Waals surface area (Å²) in [6, 6.07) is 5.05. The highest BCUT2D eigenvalue weighted by atomic mass is 32.1. The normalized spacial score (nSPS) is 11.4. The Hall–Kier alpha value is -3.04. The number of nitrogens with two attached hydrogens (primary N) is 1. The van der Waals surface area contributed by atoms with Crippen LogP contribution in [0.5, 0.6) is 0 Å². The smallest absolute Gasteiger partial charge is 0.340 e. The number of fused-ring (bicyclic) bond motifs is 1. The Kier molecular flexibility index (Phi) is 4.81. The summed E-state index contributed by atoms with van der Waals surface area (Å²) in [6.45, 7) is 5.35. The summed E-state index contributed by atoms with van der Waals surface area (Å²) < 4.78 is 5.42. The first kappa shape index (κ1) is 18.7. The van der Waals surface area contributed by atoms with E-state index in [9.17, 15) is 14.4 Å². The third-order valence-corrected chi connectivity index (χ3v) is 4.48. The van der Waals surface area contributed by atoms with Gasteiger partial charge < -0.3 is 9.72 Å². The van der Waals surface area contributed by atoms with E-state index in [2.05, 4.69) is 9.97 Å². The van der Waals surface area contributed by atoms with Gasteiger partial charge in [-0.2, -0.15) is 0 Å². The van der Waals surface area contributed by atoms with Gasteiger partial charge in [-0.1, -0.05) is 12.1 Å². The lowest BCUT2D eigenvalue weighted by Gasteiger charge is -2.19. The summed E-state index contributed by atoms with van der Waals surface area (Å²) in [4.78, 5) is 43.8. The average Bonchev–Trinajstić information content (AvgIpc) is 3.25. The number of esters is 1. The van der Waals surface area contributed by atoms with Crippen LogP contribution in [0.15, 0.2) is 29.8 Å². The second-order valence-corrected chi connectivity index (χ2v) is 7.63. The van der Waals surface area contributed by atoms with Gasteiger partial charge >= 0.3 is 5.97 Å². The number of nitrogens with zero attached hydrogens (tertiary/aromatic N) is 1. The minimum Gasteiger partial charge on any atom is -0.456 e. The highest BCUT2D eigenvalue weighted by Gasteiger charge is 2.24. The molecular weight excluding hydrogens is 368 g/mol. The second-order valence-electron chi connectivity index (χ2n) is 6.77. The zero-order chi connectivity index (χ0) is 19.8. The van der Waals surface area contributed by atoms with Crippen LogP contribution in [0, 0.1) is 0 Å². The maximum absolute atomic E-state index is 12.8. The van der Waals surface area contributed by atoms with Crippen LogP contribution in [-0.2, 0) is 4.74 Å². The molecule has 9 heteroatoms. The van der Waals surface area contributed by atoms with E-state index >= 15 is 0 Å². The van der Waals surface area contributed by atoms with Gasteiger partial charge in [-0.25, -0.2) is 15.6 Å². The maximum Gasteiger partial charge on any atom is 0.340 e. The molecule has 27 heavy (non-hydrogen) atoms. The van der Waals surface area contributed by atoms with Crippen LogP contribution >= 0.6 is 11.3 Å². The molecule has 0 aliphatic carbocycles. The molecule has 0 aliphatic heterocycles. The molecule has 1 amide bonds. The number of hydrogen-bond acceptors (Lipinski definition) is 7. The fraction of sp³-hybridized carbons (Fsp3) is 0.222. The van der Waals surface area contributed by atoms with Crippen molar-refractivity contribution in [1.29, 1.82) is 0 Å². The zero-order valence-electron chi connectivity index (χ0n) is 15.0. The predicted octanol–water partition coefficient (Wildman–Crippen LogP) is 2.41. The number of aromatic amines is 1. The Bertz CT molecular complexity index is 1050. The standard InChI is InChI=1S/C18H18N4O4S/c1-18(2,3)26-17(25)10-6-4-5-9-11(7-20-13(9)10)14(23)16-21-12(8-27-16)15(24)22-19/h4-8,20H,19H2,1-3H3,(H,22,24). The van der Waals surface area contributed by atoms with Crippen molar-refractivity contribution in [3.8, 4) is 0 Å². The number of nitrogens with one attached hydrogen (secondary N) is 2. The van der Waals surface area contributed by atoms with E-state index in [4.69, 9.17) is 10.6 Å². The average molecular weight is 386 g/mol. The molecule has 0 unspecified atom stereocenters. The number of thiazole rings is 1. The summed E-state index contributed by atoms with van der Waals surface area (Å²) in [5.74, 6) is 3.67. The number of ketones is 1. The van der Waals surface area contributed by atoms with Gasteiger partial charge in [0, 0.05) is 17.0 Å². The summed E-state index contributed by atoms with van der Waals surface area (Å²) in [6.07, 6.45) is 1.52. The zero-order valence-corrected chi connectivity index (χ0v) is 15.8. The number of hydrogen-bond donors (Lipinski definition) is 3. The van der Waals surface area contributed by atoms with Crippen LogP contribution in [0.1, 0.15) is 57.0 Å². The number of hydrazine groups is 1. The van der Waals surface area contributed by atoms with Crippen molar-refractivity contribution in [3.05, 3.63) is 51.6 Å². The summed E-state index contributed by atoms with van der Waals surface area (Å²) in [5.41, 5.74) is 2.60. The van der Waals surface area contributed by atoms with Crippen LogP contribution in [-0.4, -0.2) is 33.2 Å². The first-order valence-corrected chi connectivity index (χ1v) is 8.94. The lowest BCUT2D eigenvalue weighted by atomic mass is 10.1. The van der Waals surface area contributed by atoms with Gasteiger partial charge in [-0.05, 0) is 26.8 Å². The molecule has 3 aromatic rings. The summed E-state index contributed by atoms with van der Waals surface area (Å²) in [7, 11) is 0. The quantitative estimate of drug-likeness (QED) is 0.208. The maximum atomic E-state index is 12.8.